The molecule has 0 spiro atoms. The molecule has 2 N–H and O–H groups in total. The highest BCUT2D eigenvalue weighted by atomic mass is 35.5. The van der Waals surface area contributed by atoms with E-state index in [0.29, 0.717) is 0 Å². The number of hydrogen-bond acceptors (Lipinski definition) is 1. The second kappa shape index (κ2) is 4.40. The number of nitrogens with two attached hydrogens (primary N) is 1. The van der Waals surface area contributed by atoms with Crippen molar-refractivity contribution in [1.29, 1.82) is 0 Å². The average molecular weight is 160 g/mol. The summed E-state index contributed by atoms with van der Waals surface area (Å²) in [6, 6.07) is 0. The Morgan fingerprint density at radius 3 is 2.30 bits per heavy atom. The zero-order valence-electron chi connectivity index (χ0n) is 6.69. The van der Waals surface area contributed by atoms with Gasteiger partial charge in [0.15, 0.2) is 0 Å². The van der Waals surface area contributed by atoms with Gasteiger partial charge in [-0.3, -0.25) is 0 Å². The summed E-state index contributed by atoms with van der Waals surface area (Å²) in [6.07, 6.45) is 3.85. The van der Waals surface area contributed by atoms with E-state index in [9.17, 15) is 0 Å². The summed E-state index contributed by atoms with van der Waals surface area (Å²) in [5.74, 6) is 0. The van der Waals surface area contributed by atoms with Crippen LogP contribution in [-0.2, 0) is 0 Å². The van der Waals surface area contributed by atoms with Crippen LogP contribution in [0.5, 0.6) is 0 Å². The minimum absolute atomic E-state index is 0.0781. The molecule has 0 aromatic rings. The molecule has 0 rings (SSSR count). The normalized spacial score (nSPS) is 17.2. The van der Waals surface area contributed by atoms with Crippen LogP contribution >= 0.6 is 11.6 Å². The fourth-order valence-electron chi connectivity index (χ4n) is 0.408. The van der Waals surface area contributed by atoms with Crippen LogP contribution < -0.4 is 5.73 Å². The van der Waals surface area contributed by atoms with Crippen molar-refractivity contribution in [3.8, 4) is 0 Å². The summed E-state index contributed by atoms with van der Waals surface area (Å²) < 4.78 is 0. The molecular weight excluding hydrogens is 146 g/mol. The van der Waals surface area contributed by atoms with Crippen molar-refractivity contribution in [2.24, 2.45) is 5.73 Å². The van der Waals surface area contributed by atoms with E-state index < -0.39 is 0 Å². The second-order valence-corrected chi connectivity index (χ2v) is 3.09. The maximum atomic E-state index is 5.68. The Balaban J connectivity index is 4.03. The first kappa shape index (κ1) is 9.57. The molecule has 0 saturated carbocycles. The first-order valence-corrected chi connectivity index (χ1v) is 3.73. The van der Waals surface area contributed by atoms with E-state index in [2.05, 4.69) is 0 Å². The van der Waals surface area contributed by atoms with Gasteiger partial charge in [0.05, 0.1) is 0 Å². The smallest absolute Gasteiger partial charge is 0.0490 e. The Labute approximate surface area is 67.6 Å². The molecule has 0 amide bonds. The minimum atomic E-state index is 0.0781. The molecule has 0 heterocycles. The lowest BCUT2D eigenvalue weighted by atomic mass is 10.2. The van der Waals surface area contributed by atoms with Gasteiger partial charge in [0, 0.05) is 11.1 Å². The van der Waals surface area contributed by atoms with Gasteiger partial charge in [0.2, 0.25) is 0 Å². The average Bonchev–Trinajstić information content (AvgIpc) is 1.82. The van der Waals surface area contributed by atoms with Crippen LogP contribution in [0.3, 0.4) is 0 Å². The first-order chi connectivity index (χ1) is 4.54. The van der Waals surface area contributed by atoms with E-state index in [-0.39, 0.29) is 5.38 Å². The highest BCUT2D eigenvalue weighted by Crippen LogP contribution is 2.02. The molecule has 10 heavy (non-hydrogen) atoms. The molecule has 58 valence electrons. The van der Waals surface area contributed by atoms with Crippen molar-refractivity contribution in [1.82, 2.24) is 0 Å². The van der Waals surface area contributed by atoms with Crippen LogP contribution in [-0.4, -0.2) is 5.38 Å². The van der Waals surface area contributed by atoms with Gasteiger partial charge in [0.1, 0.15) is 0 Å². The van der Waals surface area contributed by atoms with E-state index >= 15 is 0 Å². The Morgan fingerprint density at radius 2 is 2.00 bits per heavy atom. The molecule has 1 unspecified atom stereocenters. The number of allylic oxidation sites excluding steroid dienone is 4. The molecule has 1 atom stereocenters. The van der Waals surface area contributed by atoms with E-state index in [0.717, 1.165) is 11.3 Å². The minimum Gasteiger partial charge on any atom is -0.402 e. The van der Waals surface area contributed by atoms with Crippen molar-refractivity contribution in [3.05, 3.63) is 23.4 Å². The van der Waals surface area contributed by atoms with Crippen LogP contribution in [0.1, 0.15) is 20.8 Å². The predicted molar refractivity (Wildman–Crippen MR) is 47.0 cm³/mol. The maximum Gasteiger partial charge on any atom is 0.0490 e. The van der Waals surface area contributed by atoms with Crippen molar-refractivity contribution in [3.63, 3.8) is 0 Å². The van der Waals surface area contributed by atoms with Crippen LogP contribution in [0.15, 0.2) is 23.4 Å². The van der Waals surface area contributed by atoms with Gasteiger partial charge in [-0.1, -0.05) is 12.2 Å². The zero-order chi connectivity index (χ0) is 8.15. The summed E-state index contributed by atoms with van der Waals surface area (Å²) in [5.41, 5.74) is 7.43. The molecular formula is C8H14ClN. The van der Waals surface area contributed by atoms with Crippen LogP contribution in [0.4, 0.5) is 0 Å². The monoisotopic (exact) mass is 159 g/mol. The molecule has 0 aromatic carbocycles. The number of halogens is 1. The summed E-state index contributed by atoms with van der Waals surface area (Å²) in [6.45, 7) is 5.75. The van der Waals surface area contributed by atoms with Crippen LogP contribution in [0.25, 0.3) is 0 Å². The van der Waals surface area contributed by atoms with Gasteiger partial charge < -0.3 is 5.73 Å². The lowest BCUT2D eigenvalue weighted by molar-refractivity contribution is 1.20. The fourth-order valence-corrected chi connectivity index (χ4v) is 0.481. The standard InChI is InChI=1S/C8H14ClN/c1-6(8(3)10)4-5-7(2)9/h4-5,7H,10H2,1-3H3/b5-4-,8-6+. The van der Waals surface area contributed by atoms with Gasteiger partial charge in [-0.15, -0.1) is 11.6 Å². The molecule has 0 aliphatic heterocycles. The lowest BCUT2D eigenvalue weighted by Crippen LogP contribution is -1.93. The molecule has 0 fully saturated rings. The first-order valence-electron chi connectivity index (χ1n) is 3.29. The third kappa shape index (κ3) is 4.45. The highest BCUT2D eigenvalue weighted by Gasteiger charge is 1.88. The van der Waals surface area contributed by atoms with Crippen LogP contribution in [0.2, 0.25) is 0 Å². The Hall–Kier alpha value is -0.430. The molecule has 0 aliphatic carbocycles. The quantitative estimate of drug-likeness (QED) is 0.486. The second-order valence-electron chi connectivity index (χ2n) is 2.40. The summed E-state index contributed by atoms with van der Waals surface area (Å²) in [5, 5.41) is 0.0781. The molecule has 2 heteroatoms. The topological polar surface area (TPSA) is 26.0 Å². The van der Waals surface area contributed by atoms with Gasteiger partial charge in [-0.2, -0.15) is 0 Å². The molecule has 0 aliphatic rings. The van der Waals surface area contributed by atoms with E-state index in [4.69, 9.17) is 17.3 Å². The maximum absolute atomic E-state index is 5.68. The van der Waals surface area contributed by atoms with Crippen molar-refractivity contribution < 1.29 is 0 Å². The number of rotatable bonds is 2. The van der Waals surface area contributed by atoms with Gasteiger partial charge in [-0.25, -0.2) is 0 Å². The predicted octanol–water partition coefficient (Wildman–Crippen LogP) is 2.42. The van der Waals surface area contributed by atoms with Crippen molar-refractivity contribution in [2.75, 3.05) is 0 Å². The van der Waals surface area contributed by atoms with Gasteiger partial charge >= 0.3 is 0 Å². The molecule has 0 bridgehead atoms. The van der Waals surface area contributed by atoms with Crippen LogP contribution in [0, 0.1) is 0 Å². The zero-order valence-corrected chi connectivity index (χ0v) is 7.44. The summed E-state index contributed by atoms with van der Waals surface area (Å²) in [4.78, 5) is 0. The Bertz CT molecular complexity index is 153. The Kier molecular flexibility index (Phi) is 4.21. The van der Waals surface area contributed by atoms with Gasteiger partial charge in [0.25, 0.3) is 0 Å². The number of alkyl halides is 1. The Morgan fingerprint density at radius 1 is 1.50 bits per heavy atom. The summed E-state index contributed by atoms with van der Waals surface area (Å²) >= 11 is 5.68. The largest absolute Gasteiger partial charge is 0.402 e. The molecule has 0 radical (unpaired) electrons. The van der Waals surface area contributed by atoms with E-state index in [1.165, 1.54) is 0 Å². The molecule has 1 nitrogen and oxygen atoms in total. The third-order valence-corrected chi connectivity index (χ3v) is 1.38. The fraction of sp³-hybridized carbons (Fsp3) is 0.500. The van der Waals surface area contributed by atoms with E-state index in [1.807, 2.05) is 32.9 Å². The molecule has 0 saturated heterocycles. The highest BCUT2D eigenvalue weighted by molar-refractivity contribution is 6.21. The SMILES string of the molecule is C/C(N)=C(C)\C=C/C(C)Cl. The molecule has 0 aromatic heterocycles. The summed E-state index contributed by atoms with van der Waals surface area (Å²) in [7, 11) is 0. The van der Waals surface area contributed by atoms with Crippen molar-refractivity contribution >= 4 is 11.6 Å². The van der Waals surface area contributed by atoms with Crippen molar-refractivity contribution in [2.45, 2.75) is 26.1 Å². The third-order valence-electron chi connectivity index (χ3n) is 1.23. The van der Waals surface area contributed by atoms with E-state index in [1.54, 1.807) is 0 Å². The van der Waals surface area contributed by atoms with Gasteiger partial charge in [-0.05, 0) is 26.3 Å². The lowest BCUT2D eigenvalue weighted by Gasteiger charge is -1.95. The number of hydrogen-bond donors (Lipinski definition) is 1.